The Hall–Kier alpha value is -1.44. The van der Waals surface area contributed by atoms with Gasteiger partial charge in [0.1, 0.15) is 0 Å². The third-order valence-corrected chi connectivity index (χ3v) is 3.12. The zero-order valence-corrected chi connectivity index (χ0v) is 13.9. The van der Waals surface area contributed by atoms with Crippen LogP contribution in [0.4, 0.5) is 11.4 Å². The molecular formula is C13H13ClN4OS2. The number of azo groups is 1. The monoisotopic (exact) mass is 340 g/mol. The summed E-state index contributed by atoms with van der Waals surface area (Å²) in [7, 11) is 0. The number of hydrogen-bond donors (Lipinski definition) is 1. The standard InChI is InChI=1S/C13H13ClN4OS2/c1-3-19-12-11(8(2)17-18(12)13(20)21)16-15-10-6-4-5-9(14)7-10/h4-7H,3H2,1-2H3,(H,20,21). The number of rotatable bonds is 4. The Bertz CT molecular complexity index is 699. The Balaban J connectivity index is 2.41. The second-order valence-electron chi connectivity index (χ2n) is 4.05. The van der Waals surface area contributed by atoms with Crippen molar-refractivity contribution in [2.45, 2.75) is 13.8 Å². The van der Waals surface area contributed by atoms with Crippen molar-refractivity contribution in [2.24, 2.45) is 10.2 Å². The van der Waals surface area contributed by atoms with Gasteiger partial charge in [0.2, 0.25) is 5.88 Å². The molecule has 1 aromatic carbocycles. The Kier molecular flexibility index (Phi) is 5.33. The summed E-state index contributed by atoms with van der Waals surface area (Å²) in [5.41, 5.74) is 1.82. The van der Waals surface area contributed by atoms with Gasteiger partial charge in [0.05, 0.1) is 18.0 Å². The fraction of sp³-hybridized carbons (Fsp3) is 0.231. The Labute approximate surface area is 138 Å². The van der Waals surface area contributed by atoms with E-state index in [0.29, 0.717) is 34.6 Å². The highest BCUT2D eigenvalue weighted by molar-refractivity contribution is 8.11. The van der Waals surface area contributed by atoms with Crippen molar-refractivity contribution in [1.82, 2.24) is 9.78 Å². The first-order valence-electron chi connectivity index (χ1n) is 6.16. The SMILES string of the molecule is CCOc1c(N=Nc2cccc(Cl)c2)c(C)nn1C(=S)S. The summed E-state index contributed by atoms with van der Waals surface area (Å²) in [6, 6.07) is 7.10. The zero-order valence-electron chi connectivity index (χ0n) is 11.4. The number of aromatic nitrogens is 2. The maximum atomic E-state index is 5.91. The van der Waals surface area contributed by atoms with Gasteiger partial charge in [-0.2, -0.15) is 14.9 Å². The molecule has 0 aliphatic heterocycles. The lowest BCUT2D eigenvalue weighted by atomic mass is 10.3. The van der Waals surface area contributed by atoms with Gasteiger partial charge in [-0.1, -0.05) is 29.9 Å². The number of hydrogen-bond acceptors (Lipinski definition) is 5. The van der Waals surface area contributed by atoms with Crippen LogP contribution in [0.15, 0.2) is 34.5 Å². The molecule has 1 heterocycles. The van der Waals surface area contributed by atoms with Gasteiger partial charge < -0.3 is 4.74 Å². The first-order chi connectivity index (χ1) is 10.0. The van der Waals surface area contributed by atoms with Gasteiger partial charge in [0.15, 0.2) is 10.0 Å². The predicted octanol–water partition coefficient (Wildman–Crippen LogP) is 4.72. The third kappa shape index (κ3) is 3.81. The van der Waals surface area contributed by atoms with Gasteiger partial charge in [0.25, 0.3) is 0 Å². The maximum absolute atomic E-state index is 5.91. The molecule has 1 aromatic heterocycles. The van der Waals surface area contributed by atoms with Crippen molar-refractivity contribution in [3.63, 3.8) is 0 Å². The molecule has 0 radical (unpaired) electrons. The first kappa shape index (κ1) is 15.9. The number of thiocarbonyl (C=S) groups is 1. The van der Waals surface area contributed by atoms with Crippen LogP contribution in [0.2, 0.25) is 5.02 Å². The predicted molar refractivity (Wildman–Crippen MR) is 90.7 cm³/mol. The van der Waals surface area contributed by atoms with E-state index in [1.54, 1.807) is 31.2 Å². The molecule has 0 aliphatic carbocycles. The van der Waals surface area contributed by atoms with Gasteiger partial charge in [0, 0.05) is 5.02 Å². The molecule has 0 saturated carbocycles. The molecular weight excluding hydrogens is 328 g/mol. The largest absolute Gasteiger partial charge is 0.476 e. The van der Waals surface area contributed by atoms with Gasteiger partial charge >= 0.3 is 0 Å². The third-order valence-electron chi connectivity index (χ3n) is 2.52. The molecule has 0 saturated heterocycles. The highest BCUT2D eigenvalue weighted by Gasteiger charge is 2.18. The molecule has 0 bridgehead atoms. The molecule has 0 spiro atoms. The van der Waals surface area contributed by atoms with E-state index < -0.39 is 0 Å². The summed E-state index contributed by atoms with van der Waals surface area (Å²) in [6.07, 6.45) is 0. The molecule has 0 N–H and O–H groups in total. The highest BCUT2D eigenvalue weighted by atomic mass is 35.5. The van der Waals surface area contributed by atoms with Crippen LogP contribution in [0.1, 0.15) is 12.6 Å². The fourth-order valence-electron chi connectivity index (χ4n) is 1.65. The molecule has 5 nitrogen and oxygen atoms in total. The van der Waals surface area contributed by atoms with Crippen LogP contribution in [-0.2, 0) is 0 Å². The highest BCUT2D eigenvalue weighted by Crippen LogP contribution is 2.33. The van der Waals surface area contributed by atoms with Gasteiger partial charge in [-0.3, -0.25) is 0 Å². The minimum absolute atomic E-state index is 0.283. The van der Waals surface area contributed by atoms with Crippen molar-refractivity contribution in [3.8, 4) is 5.88 Å². The molecule has 0 amide bonds. The van der Waals surface area contributed by atoms with Crippen molar-refractivity contribution in [3.05, 3.63) is 35.0 Å². The average molecular weight is 341 g/mol. The minimum atomic E-state index is 0.283. The smallest absolute Gasteiger partial charge is 0.246 e. The molecule has 2 rings (SSSR count). The van der Waals surface area contributed by atoms with Crippen molar-refractivity contribution in [2.75, 3.05) is 6.61 Å². The maximum Gasteiger partial charge on any atom is 0.246 e. The summed E-state index contributed by atoms with van der Waals surface area (Å²) in [5, 5.41) is 13.2. The Morgan fingerprint density at radius 2 is 2.24 bits per heavy atom. The number of ether oxygens (including phenoxy) is 1. The minimum Gasteiger partial charge on any atom is -0.476 e. The van der Waals surface area contributed by atoms with Crippen LogP contribution in [0, 0.1) is 6.92 Å². The lowest BCUT2D eigenvalue weighted by Gasteiger charge is -2.05. The van der Waals surface area contributed by atoms with Crippen LogP contribution < -0.4 is 4.74 Å². The van der Waals surface area contributed by atoms with E-state index in [0.717, 1.165) is 0 Å². The first-order valence-corrected chi connectivity index (χ1v) is 7.39. The fourth-order valence-corrected chi connectivity index (χ4v) is 2.10. The van der Waals surface area contributed by atoms with E-state index in [9.17, 15) is 0 Å². The lowest BCUT2D eigenvalue weighted by Crippen LogP contribution is -2.07. The summed E-state index contributed by atoms with van der Waals surface area (Å²) in [6.45, 7) is 4.13. The van der Waals surface area contributed by atoms with E-state index >= 15 is 0 Å². The number of benzene rings is 1. The number of nitrogens with zero attached hydrogens (tertiary/aromatic N) is 4. The Morgan fingerprint density at radius 1 is 1.48 bits per heavy atom. The molecule has 2 aromatic rings. The summed E-state index contributed by atoms with van der Waals surface area (Å²) >= 11 is 15.1. The normalized spacial score (nSPS) is 11.0. The molecule has 0 aliphatic rings. The number of halogens is 1. The lowest BCUT2D eigenvalue weighted by molar-refractivity contribution is 0.321. The molecule has 21 heavy (non-hydrogen) atoms. The summed E-state index contributed by atoms with van der Waals surface area (Å²) in [5.74, 6) is 0.431. The van der Waals surface area contributed by atoms with Crippen LogP contribution in [-0.4, -0.2) is 20.7 Å². The zero-order chi connectivity index (χ0) is 15.4. The van der Waals surface area contributed by atoms with Gasteiger partial charge in [-0.05, 0) is 32.0 Å². The second-order valence-corrected chi connectivity index (χ2v) is 5.60. The summed E-state index contributed by atoms with van der Waals surface area (Å²) < 4.78 is 7.25. The molecule has 0 atom stereocenters. The molecule has 0 fully saturated rings. The topological polar surface area (TPSA) is 51.8 Å². The van der Waals surface area contributed by atoms with Crippen molar-refractivity contribution >= 4 is 52.1 Å². The second kappa shape index (κ2) is 7.02. The van der Waals surface area contributed by atoms with Crippen LogP contribution in [0.25, 0.3) is 0 Å². The number of thiol groups is 1. The molecule has 110 valence electrons. The van der Waals surface area contributed by atoms with Crippen molar-refractivity contribution < 1.29 is 4.74 Å². The van der Waals surface area contributed by atoms with Gasteiger partial charge in [-0.25, -0.2) is 0 Å². The van der Waals surface area contributed by atoms with Gasteiger partial charge in [-0.15, -0.1) is 17.7 Å². The van der Waals surface area contributed by atoms with E-state index in [4.69, 9.17) is 28.6 Å². The molecule has 0 unspecified atom stereocenters. The Morgan fingerprint density at radius 3 is 2.86 bits per heavy atom. The average Bonchev–Trinajstić information content (AvgIpc) is 2.74. The van der Waals surface area contributed by atoms with Crippen molar-refractivity contribution in [1.29, 1.82) is 0 Å². The quantitative estimate of drug-likeness (QED) is 0.497. The van der Waals surface area contributed by atoms with E-state index in [-0.39, 0.29) is 4.32 Å². The molecule has 8 heteroatoms. The van der Waals surface area contributed by atoms with E-state index in [1.807, 2.05) is 6.92 Å². The van der Waals surface area contributed by atoms with Crippen LogP contribution >= 0.6 is 36.4 Å². The van der Waals surface area contributed by atoms with Crippen LogP contribution in [0.3, 0.4) is 0 Å². The van der Waals surface area contributed by atoms with E-state index in [2.05, 4.69) is 28.0 Å². The van der Waals surface area contributed by atoms with Crippen LogP contribution in [0.5, 0.6) is 5.88 Å². The van der Waals surface area contributed by atoms with E-state index in [1.165, 1.54) is 4.68 Å². The number of aryl methyl sites for hydroxylation is 1. The summed E-state index contributed by atoms with van der Waals surface area (Å²) in [4.78, 5) is 0.